The van der Waals surface area contributed by atoms with Gasteiger partial charge in [0.25, 0.3) is 5.56 Å². The summed E-state index contributed by atoms with van der Waals surface area (Å²) in [5.74, 6) is 2.74. The van der Waals surface area contributed by atoms with Crippen LogP contribution in [0.2, 0.25) is 0 Å². The average molecular weight is 248 g/mol. The summed E-state index contributed by atoms with van der Waals surface area (Å²) in [6, 6.07) is 1.89. The van der Waals surface area contributed by atoms with Gasteiger partial charge in [-0.1, -0.05) is 0 Å². The number of nitrogens with zero attached hydrogens (tertiary/aromatic N) is 2. The molecule has 0 amide bonds. The molecule has 3 rings (SSSR count). The SMILES string of the molecule is CN(c1cc(=O)[nH]c(C2CC2)n1)C(CN)C1CC1. The first-order valence-corrected chi connectivity index (χ1v) is 6.73. The second kappa shape index (κ2) is 4.39. The summed E-state index contributed by atoms with van der Waals surface area (Å²) in [5, 5.41) is 0. The topological polar surface area (TPSA) is 75.0 Å². The number of likely N-dealkylation sites (N-methyl/N-ethyl adjacent to an activating group) is 1. The summed E-state index contributed by atoms with van der Waals surface area (Å²) >= 11 is 0. The molecule has 1 heterocycles. The first-order chi connectivity index (χ1) is 8.69. The van der Waals surface area contributed by atoms with Crippen LogP contribution in [0.5, 0.6) is 0 Å². The van der Waals surface area contributed by atoms with Crippen molar-refractivity contribution in [1.82, 2.24) is 9.97 Å². The van der Waals surface area contributed by atoms with Gasteiger partial charge in [-0.2, -0.15) is 0 Å². The molecule has 2 aliphatic rings. The van der Waals surface area contributed by atoms with E-state index >= 15 is 0 Å². The Morgan fingerprint density at radius 1 is 1.50 bits per heavy atom. The van der Waals surface area contributed by atoms with Crippen molar-refractivity contribution in [1.29, 1.82) is 0 Å². The number of aromatic nitrogens is 2. The maximum atomic E-state index is 11.7. The van der Waals surface area contributed by atoms with Gasteiger partial charge in [-0.3, -0.25) is 4.79 Å². The number of H-pyrrole nitrogens is 1. The summed E-state index contributed by atoms with van der Waals surface area (Å²) in [7, 11) is 1.99. The minimum atomic E-state index is -0.0553. The van der Waals surface area contributed by atoms with Crippen LogP contribution in [0.4, 0.5) is 5.82 Å². The maximum Gasteiger partial charge on any atom is 0.252 e. The number of anilines is 1. The zero-order valence-corrected chi connectivity index (χ0v) is 10.7. The minimum Gasteiger partial charge on any atom is -0.355 e. The van der Waals surface area contributed by atoms with E-state index in [0.29, 0.717) is 24.4 Å². The first-order valence-electron chi connectivity index (χ1n) is 6.73. The molecule has 2 saturated carbocycles. The Balaban J connectivity index is 1.87. The first kappa shape index (κ1) is 11.7. The molecule has 3 N–H and O–H groups in total. The van der Waals surface area contributed by atoms with E-state index in [1.165, 1.54) is 12.8 Å². The molecule has 1 aromatic heterocycles. The highest BCUT2D eigenvalue weighted by Crippen LogP contribution is 2.39. The van der Waals surface area contributed by atoms with E-state index in [-0.39, 0.29) is 5.56 Å². The zero-order chi connectivity index (χ0) is 12.7. The van der Waals surface area contributed by atoms with E-state index in [2.05, 4.69) is 14.9 Å². The Labute approximate surface area is 106 Å². The van der Waals surface area contributed by atoms with Gasteiger partial charge in [-0.25, -0.2) is 4.98 Å². The van der Waals surface area contributed by atoms with Crippen molar-refractivity contribution < 1.29 is 0 Å². The predicted molar refractivity (Wildman–Crippen MR) is 70.8 cm³/mol. The average Bonchev–Trinajstić information content (AvgIpc) is 3.21. The van der Waals surface area contributed by atoms with E-state index in [9.17, 15) is 4.79 Å². The highest BCUT2D eigenvalue weighted by Gasteiger charge is 2.34. The van der Waals surface area contributed by atoms with Crippen LogP contribution in [0.3, 0.4) is 0 Å². The Kier molecular flexibility index (Phi) is 2.86. The standard InChI is InChI=1S/C13H20N4O/c1-17(10(7-14)8-2-3-8)11-6-12(18)16-13(15-11)9-4-5-9/h6,8-10H,2-5,7,14H2,1H3,(H,15,16,18). The minimum absolute atomic E-state index is 0.0553. The molecule has 0 aromatic carbocycles. The monoisotopic (exact) mass is 248 g/mol. The maximum absolute atomic E-state index is 11.7. The number of hydrogen-bond donors (Lipinski definition) is 2. The lowest BCUT2D eigenvalue weighted by molar-refractivity contribution is 0.564. The Bertz CT molecular complexity index is 490. The lowest BCUT2D eigenvalue weighted by atomic mass is 10.1. The van der Waals surface area contributed by atoms with Gasteiger partial charge in [-0.05, 0) is 31.6 Å². The molecule has 1 atom stereocenters. The molecule has 1 unspecified atom stereocenters. The van der Waals surface area contributed by atoms with Crippen LogP contribution in [0.1, 0.15) is 37.4 Å². The highest BCUT2D eigenvalue weighted by molar-refractivity contribution is 5.39. The molecule has 0 radical (unpaired) electrons. The van der Waals surface area contributed by atoms with Crippen molar-refractivity contribution in [2.45, 2.75) is 37.6 Å². The molecule has 18 heavy (non-hydrogen) atoms. The summed E-state index contributed by atoms with van der Waals surface area (Å²) in [5.41, 5.74) is 5.79. The third-order valence-corrected chi connectivity index (χ3v) is 3.98. The fourth-order valence-electron chi connectivity index (χ4n) is 2.51. The summed E-state index contributed by atoms with van der Waals surface area (Å²) < 4.78 is 0. The number of rotatable bonds is 5. The van der Waals surface area contributed by atoms with Gasteiger partial charge >= 0.3 is 0 Å². The van der Waals surface area contributed by atoms with Gasteiger partial charge in [0.1, 0.15) is 11.6 Å². The second-order valence-corrected chi connectivity index (χ2v) is 5.51. The Morgan fingerprint density at radius 3 is 2.78 bits per heavy atom. The lowest BCUT2D eigenvalue weighted by Crippen LogP contribution is -2.40. The van der Waals surface area contributed by atoms with E-state index in [1.807, 2.05) is 7.05 Å². The van der Waals surface area contributed by atoms with Crippen molar-refractivity contribution in [3.63, 3.8) is 0 Å². The van der Waals surface area contributed by atoms with Gasteiger partial charge < -0.3 is 15.6 Å². The van der Waals surface area contributed by atoms with Crippen LogP contribution in [-0.4, -0.2) is 29.6 Å². The molecular formula is C13H20N4O. The quantitative estimate of drug-likeness (QED) is 0.809. The summed E-state index contributed by atoms with van der Waals surface area (Å²) in [6.45, 7) is 0.619. The fraction of sp³-hybridized carbons (Fsp3) is 0.692. The number of nitrogens with two attached hydrogens (primary N) is 1. The van der Waals surface area contributed by atoms with Gasteiger partial charge in [0.2, 0.25) is 0 Å². The molecule has 2 fully saturated rings. The summed E-state index contributed by atoms with van der Waals surface area (Å²) in [4.78, 5) is 21.2. The molecular weight excluding hydrogens is 228 g/mol. The van der Waals surface area contributed by atoms with Crippen molar-refractivity contribution in [2.75, 3.05) is 18.5 Å². The molecule has 0 saturated heterocycles. The van der Waals surface area contributed by atoms with E-state index < -0.39 is 0 Å². The smallest absolute Gasteiger partial charge is 0.252 e. The zero-order valence-electron chi connectivity index (χ0n) is 10.7. The van der Waals surface area contributed by atoms with Crippen molar-refractivity contribution in [2.24, 2.45) is 11.7 Å². The van der Waals surface area contributed by atoms with E-state index in [1.54, 1.807) is 6.07 Å². The van der Waals surface area contributed by atoms with Crippen LogP contribution in [0, 0.1) is 5.92 Å². The Hall–Kier alpha value is -1.36. The van der Waals surface area contributed by atoms with Crippen molar-refractivity contribution in [3.05, 3.63) is 22.2 Å². The van der Waals surface area contributed by atoms with Crippen molar-refractivity contribution in [3.8, 4) is 0 Å². The van der Waals surface area contributed by atoms with Gasteiger partial charge in [0.05, 0.1) is 0 Å². The lowest BCUT2D eigenvalue weighted by Gasteiger charge is -2.28. The van der Waals surface area contributed by atoms with Crippen LogP contribution >= 0.6 is 0 Å². The van der Waals surface area contributed by atoms with Crippen molar-refractivity contribution >= 4 is 5.82 Å². The van der Waals surface area contributed by atoms with Gasteiger partial charge in [-0.15, -0.1) is 0 Å². The van der Waals surface area contributed by atoms with E-state index in [0.717, 1.165) is 24.5 Å². The molecule has 0 bridgehead atoms. The third kappa shape index (κ3) is 2.27. The highest BCUT2D eigenvalue weighted by atomic mass is 16.1. The number of aromatic amines is 1. The molecule has 0 aliphatic heterocycles. The van der Waals surface area contributed by atoms with Gasteiger partial charge in [0.15, 0.2) is 0 Å². The molecule has 98 valence electrons. The molecule has 1 aromatic rings. The number of nitrogens with one attached hydrogen (secondary N) is 1. The van der Waals surface area contributed by atoms with Gasteiger partial charge in [0, 0.05) is 31.6 Å². The second-order valence-electron chi connectivity index (χ2n) is 5.51. The van der Waals surface area contributed by atoms with Crippen LogP contribution < -0.4 is 16.2 Å². The number of hydrogen-bond acceptors (Lipinski definition) is 4. The molecule has 5 nitrogen and oxygen atoms in total. The Morgan fingerprint density at radius 2 is 2.22 bits per heavy atom. The largest absolute Gasteiger partial charge is 0.355 e. The fourth-order valence-corrected chi connectivity index (χ4v) is 2.51. The molecule has 5 heteroatoms. The molecule has 2 aliphatic carbocycles. The van der Waals surface area contributed by atoms with E-state index in [4.69, 9.17) is 5.73 Å². The van der Waals surface area contributed by atoms with Crippen LogP contribution in [0.15, 0.2) is 10.9 Å². The summed E-state index contributed by atoms with van der Waals surface area (Å²) in [6.07, 6.45) is 4.76. The van der Waals surface area contributed by atoms with Crippen LogP contribution in [-0.2, 0) is 0 Å². The third-order valence-electron chi connectivity index (χ3n) is 3.98. The molecule has 0 spiro atoms. The van der Waals surface area contributed by atoms with Crippen LogP contribution in [0.25, 0.3) is 0 Å². The predicted octanol–water partition coefficient (Wildman–Crippen LogP) is 0.821. The normalized spacial score (nSPS) is 20.8.